The van der Waals surface area contributed by atoms with Crippen LogP contribution in [-0.4, -0.2) is 0 Å². The second-order valence-corrected chi connectivity index (χ2v) is 3.22. The second kappa shape index (κ2) is 4.36. The number of rotatable bonds is 1. The number of halogens is 9. The third-order valence-electron chi connectivity index (χ3n) is 1.95. The summed E-state index contributed by atoms with van der Waals surface area (Å²) in [5, 5.41) is 0. The Morgan fingerprint density at radius 2 is 1.33 bits per heavy atom. The van der Waals surface area contributed by atoms with Gasteiger partial charge in [0.15, 0.2) is 0 Å². The predicted octanol–water partition coefficient (Wildman–Crippen LogP) is 4.80. The van der Waals surface area contributed by atoms with E-state index in [2.05, 4.69) is 0 Å². The normalized spacial score (nSPS) is 13.2. The van der Waals surface area contributed by atoms with Gasteiger partial charge >= 0.3 is 12.4 Å². The van der Waals surface area contributed by atoms with Crippen molar-refractivity contribution in [1.82, 2.24) is 0 Å². The first-order chi connectivity index (χ1) is 7.94. The summed E-state index contributed by atoms with van der Waals surface area (Å²) in [6, 6.07) is -0.667. The van der Waals surface area contributed by atoms with Crippen molar-refractivity contribution in [1.29, 1.82) is 0 Å². The minimum absolute atomic E-state index is 0.261. The Hall–Kier alpha value is -1.41. The molecule has 18 heavy (non-hydrogen) atoms. The first-order valence-electron chi connectivity index (χ1n) is 4.20. The molecule has 1 rings (SSSR count). The van der Waals surface area contributed by atoms with E-state index in [1.807, 2.05) is 0 Å². The van der Waals surface area contributed by atoms with Crippen LogP contribution in [0.5, 0.6) is 0 Å². The molecular weight excluding hydrogens is 279 g/mol. The maximum atomic E-state index is 12.9. The largest absolute Gasteiger partial charge is 0.419 e. The molecule has 1 aromatic rings. The van der Waals surface area contributed by atoms with Gasteiger partial charge in [0, 0.05) is 5.56 Å². The fourth-order valence-electron chi connectivity index (χ4n) is 1.27. The standard InChI is InChI=1S/C9H3F9/c10-5-2-3(7(11)12)1-4(8(13,14)15)6(5)9(16,17)18/h1-2,7H. The molecule has 0 aromatic heterocycles. The average Bonchev–Trinajstić information content (AvgIpc) is 2.12. The highest BCUT2D eigenvalue weighted by Crippen LogP contribution is 2.43. The monoisotopic (exact) mass is 282 g/mol. The summed E-state index contributed by atoms with van der Waals surface area (Å²) < 4.78 is 111. The lowest BCUT2D eigenvalue weighted by atomic mass is 10.0. The molecule has 0 unspecified atom stereocenters. The molecule has 9 heteroatoms. The average molecular weight is 282 g/mol. The van der Waals surface area contributed by atoms with Crippen LogP contribution in [0.3, 0.4) is 0 Å². The van der Waals surface area contributed by atoms with Crippen molar-refractivity contribution in [2.75, 3.05) is 0 Å². The van der Waals surface area contributed by atoms with E-state index in [0.29, 0.717) is 0 Å². The Kier molecular flexibility index (Phi) is 3.55. The zero-order chi connectivity index (χ0) is 14.3. The molecule has 0 amide bonds. The number of hydrogen-bond donors (Lipinski definition) is 0. The van der Waals surface area contributed by atoms with E-state index in [1.165, 1.54) is 0 Å². The first-order valence-corrected chi connectivity index (χ1v) is 4.20. The van der Waals surface area contributed by atoms with Crippen LogP contribution in [0, 0.1) is 5.82 Å². The van der Waals surface area contributed by atoms with Gasteiger partial charge in [-0.2, -0.15) is 26.3 Å². The molecule has 0 aliphatic carbocycles. The van der Waals surface area contributed by atoms with Crippen molar-refractivity contribution in [3.8, 4) is 0 Å². The Morgan fingerprint density at radius 1 is 0.833 bits per heavy atom. The van der Waals surface area contributed by atoms with E-state index in [0.717, 1.165) is 0 Å². The fourth-order valence-corrected chi connectivity index (χ4v) is 1.27. The van der Waals surface area contributed by atoms with Crippen molar-refractivity contribution >= 4 is 0 Å². The zero-order valence-corrected chi connectivity index (χ0v) is 8.13. The van der Waals surface area contributed by atoms with Gasteiger partial charge < -0.3 is 0 Å². The molecule has 0 spiro atoms. The Labute approximate surface area is 94.0 Å². The molecule has 0 N–H and O–H groups in total. The van der Waals surface area contributed by atoms with Gasteiger partial charge in [0.2, 0.25) is 0 Å². The van der Waals surface area contributed by atoms with Gasteiger partial charge in [0.05, 0.1) is 5.56 Å². The van der Waals surface area contributed by atoms with Gasteiger partial charge in [-0.15, -0.1) is 0 Å². The van der Waals surface area contributed by atoms with Gasteiger partial charge in [0.1, 0.15) is 11.4 Å². The molecule has 102 valence electrons. The maximum Gasteiger partial charge on any atom is 0.419 e. The SMILES string of the molecule is Fc1cc(C(F)F)cc(C(F)(F)F)c1C(F)(F)F. The molecule has 0 nitrogen and oxygen atoms in total. The van der Waals surface area contributed by atoms with E-state index in [1.54, 1.807) is 0 Å². The van der Waals surface area contributed by atoms with Crippen LogP contribution in [0.2, 0.25) is 0 Å². The fraction of sp³-hybridized carbons (Fsp3) is 0.333. The maximum absolute atomic E-state index is 12.9. The molecule has 0 fully saturated rings. The predicted molar refractivity (Wildman–Crippen MR) is 41.4 cm³/mol. The third kappa shape index (κ3) is 2.88. The summed E-state index contributed by atoms with van der Waals surface area (Å²) in [6.07, 6.45) is -14.7. The molecule has 0 aliphatic rings. The topological polar surface area (TPSA) is 0 Å². The smallest absolute Gasteiger partial charge is 0.206 e. The van der Waals surface area contributed by atoms with Crippen molar-refractivity contribution in [3.05, 3.63) is 34.6 Å². The molecular formula is C9H3F9. The molecule has 0 bridgehead atoms. The highest BCUT2D eigenvalue weighted by Gasteiger charge is 2.46. The summed E-state index contributed by atoms with van der Waals surface area (Å²) in [5.74, 6) is -2.38. The van der Waals surface area contributed by atoms with Crippen LogP contribution in [0.15, 0.2) is 12.1 Å². The van der Waals surface area contributed by atoms with Gasteiger partial charge in [0.25, 0.3) is 6.43 Å². The van der Waals surface area contributed by atoms with Crippen molar-refractivity contribution in [2.45, 2.75) is 18.8 Å². The molecule has 0 atom stereocenters. The van der Waals surface area contributed by atoms with E-state index in [9.17, 15) is 39.5 Å². The van der Waals surface area contributed by atoms with E-state index in [-0.39, 0.29) is 6.07 Å². The van der Waals surface area contributed by atoms with E-state index >= 15 is 0 Å². The second-order valence-electron chi connectivity index (χ2n) is 3.22. The van der Waals surface area contributed by atoms with Crippen LogP contribution >= 0.6 is 0 Å². The van der Waals surface area contributed by atoms with Crippen LogP contribution in [0.1, 0.15) is 23.1 Å². The number of hydrogen-bond acceptors (Lipinski definition) is 0. The minimum atomic E-state index is -5.63. The Bertz CT molecular complexity index is 441. The Balaban J connectivity index is 3.62. The lowest BCUT2D eigenvalue weighted by Gasteiger charge is -2.17. The molecule has 0 saturated heterocycles. The molecule has 0 radical (unpaired) electrons. The lowest BCUT2D eigenvalue weighted by molar-refractivity contribution is -0.164. The van der Waals surface area contributed by atoms with Crippen molar-refractivity contribution in [2.24, 2.45) is 0 Å². The van der Waals surface area contributed by atoms with Gasteiger partial charge in [-0.25, -0.2) is 13.2 Å². The van der Waals surface area contributed by atoms with Crippen LogP contribution in [0.25, 0.3) is 0 Å². The van der Waals surface area contributed by atoms with Crippen LogP contribution in [0.4, 0.5) is 39.5 Å². The third-order valence-corrected chi connectivity index (χ3v) is 1.95. The highest BCUT2D eigenvalue weighted by molar-refractivity contribution is 5.38. The minimum Gasteiger partial charge on any atom is -0.206 e. The highest BCUT2D eigenvalue weighted by atomic mass is 19.4. The van der Waals surface area contributed by atoms with Crippen molar-refractivity contribution in [3.63, 3.8) is 0 Å². The zero-order valence-electron chi connectivity index (χ0n) is 8.13. The Morgan fingerprint density at radius 3 is 1.67 bits per heavy atom. The van der Waals surface area contributed by atoms with E-state index < -0.39 is 47.4 Å². The molecule has 1 aromatic carbocycles. The summed E-state index contributed by atoms with van der Waals surface area (Å²) >= 11 is 0. The quantitative estimate of drug-likeness (QED) is 0.649. The number of alkyl halides is 8. The van der Waals surface area contributed by atoms with Crippen LogP contribution < -0.4 is 0 Å². The van der Waals surface area contributed by atoms with Crippen molar-refractivity contribution < 1.29 is 39.5 Å². The summed E-state index contributed by atoms with van der Waals surface area (Å²) in [5.41, 5.74) is -6.53. The number of benzene rings is 1. The molecule has 0 saturated carbocycles. The van der Waals surface area contributed by atoms with Gasteiger partial charge in [-0.1, -0.05) is 0 Å². The van der Waals surface area contributed by atoms with Gasteiger partial charge in [-0.3, -0.25) is 0 Å². The summed E-state index contributed by atoms with van der Waals surface area (Å²) in [4.78, 5) is 0. The first kappa shape index (κ1) is 14.7. The summed E-state index contributed by atoms with van der Waals surface area (Å²) in [6.45, 7) is 0. The van der Waals surface area contributed by atoms with Gasteiger partial charge in [-0.05, 0) is 12.1 Å². The molecule has 0 heterocycles. The van der Waals surface area contributed by atoms with Crippen LogP contribution in [-0.2, 0) is 12.4 Å². The summed E-state index contributed by atoms with van der Waals surface area (Å²) in [7, 11) is 0. The van der Waals surface area contributed by atoms with E-state index in [4.69, 9.17) is 0 Å². The lowest BCUT2D eigenvalue weighted by Crippen LogP contribution is -2.19. The molecule has 0 aliphatic heterocycles.